The quantitative estimate of drug-likeness (QED) is 0.756. The van der Waals surface area contributed by atoms with Gasteiger partial charge in [0.05, 0.1) is 17.8 Å². The van der Waals surface area contributed by atoms with Crippen LogP contribution in [0.2, 0.25) is 0 Å². The van der Waals surface area contributed by atoms with Crippen LogP contribution in [0.1, 0.15) is 19.3 Å². The maximum absolute atomic E-state index is 12.0. The Morgan fingerprint density at radius 2 is 2.26 bits per heavy atom. The number of hydrogen-bond donors (Lipinski definition) is 3. The summed E-state index contributed by atoms with van der Waals surface area (Å²) in [6, 6.07) is 7.54. The molecule has 19 heavy (non-hydrogen) atoms. The van der Waals surface area contributed by atoms with Gasteiger partial charge in [-0.2, -0.15) is 0 Å². The van der Waals surface area contributed by atoms with Crippen molar-refractivity contribution in [2.24, 2.45) is 0 Å². The standard InChI is InChI=1S/C14H18N2O3/c17-13(16-9-14(18)6-3-7-14)12-8-15-10-4-1-2-5-11(10)19-12/h1-2,4-5,12,15,18H,3,6-9H2,(H,16,17). The minimum atomic E-state index is -0.699. The molecule has 1 aliphatic carbocycles. The highest BCUT2D eigenvalue weighted by atomic mass is 16.5. The van der Waals surface area contributed by atoms with Gasteiger partial charge in [-0.1, -0.05) is 12.1 Å². The van der Waals surface area contributed by atoms with Gasteiger partial charge in [-0.15, -0.1) is 0 Å². The number of hydrogen-bond acceptors (Lipinski definition) is 4. The van der Waals surface area contributed by atoms with Gasteiger partial charge in [-0.05, 0) is 31.4 Å². The van der Waals surface area contributed by atoms with Crippen LogP contribution in [-0.2, 0) is 4.79 Å². The maximum atomic E-state index is 12.0. The van der Waals surface area contributed by atoms with Gasteiger partial charge in [0, 0.05) is 6.54 Å². The monoisotopic (exact) mass is 262 g/mol. The minimum absolute atomic E-state index is 0.178. The number of fused-ring (bicyclic) bond motifs is 1. The maximum Gasteiger partial charge on any atom is 0.263 e. The van der Waals surface area contributed by atoms with Crippen molar-refractivity contribution in [2.45, 2.75) is 31.0 Å². The van der Waals surface area contributed by atoms with Gasteiger partial charge < -0.3 is 20.5 Å². The molecule has 1 unspecified atom stereocenters. The number of ether oxygens (including phenoxy) is 1. The molecule has 1 amide bonds. The lowest BCUT2D eigenvalue weighted by molar-refractivity contribution is -0.130. The molecule has 1 atom stereocenters. The summed E-state index contributed by atoms with van der Waals surface area (Å²) in [5.41, 5.74) is 0.208. The predicted octanol–water partition coefficient (Wildman–Crippen LogP) is 0.891. The van der Waals surface area contributed by atoms with Gasteiger partial charge in [0.25, 0.3) is 5.91 Å². The van der Waals surface area contributed by atoms with Crippen LogP contribution in [0.15, 0.2) is 24.3 Å². The van der Waals surface area contributed by atoms with Gasteiger partial charge in [0.15, 0.2) is 6.10 Å². The van der Waals surface area contributed by atoms with E-state index in [1.165, 1.54) is 0 Å². The lowest BCUT2D eigenvalue weighted by Gasteiger charge is -2.37. The molecule has 5 heteroatoms. The van der Waals surface area contributed by atoms with Crippen molar-refractivity contribution in [3.8, 4) is 5.75 Å². The fraction of sp³-hybridized carbons (Fsp3) is 0.500. The van der Waals surface area contributed by atoms with E-state index in [9.17, 15) is 9.90 Å². The smallest absolute Gasteiger partial charge is 0.263 e. The first-order valence-electron chi connectivity index (χ1n) is 6.66. The molecule has 1 saturated carbocycles. The van der Waals surface area contributed by atoms with Crippen molar-refractivity contribution in [1.29, 1.82) is 0 Å². The van der Waals surface area contributed by atoms with E-state index in [-0.39, 0.29) is 5.91 Å². The second-order valence-electron chi connectivity index (χ2n) is 5.28. The van der Waals surface area contributed by atoms with Crippen molar-refractivity contribution in [3.05, 3.63) is 24.3 Å². The fourth-order valence-electron chi connectivity index (χ4n) is 2.39. The molecule has 0 saturated heterocycles. The predicted molar refractivity (Wildman–Crippen MR) is 71.2 cm³/mol. The Balaban J connectivity index is 1.57. The summed E-state index contributed by atoms with van der Waals surface area (Å²) in [6.45, 7) is 0.759. The van der Waals surface area contributed by atoms with E-state index in [1.54, 1.807) is 0 Å². The summed E-state index contributed by atoms with van der Waals surface area (Å²) in [6.07, 6.45) is 2.01. The number of rotatable bonds is 3. The summed E-state index contributed by atoms with van der Waals surface area (Å²) >= 11 is 0. The van der Waals surface area contributed by atoms with Crippen LogP contribution >= 0.6 is 0 Å². The third-order valence-corrected chi connectivity index (χ3v) is 3.80. The largest absolute Gasteiger partial charge is 0.477 e. The second kappa shape index (κ2) is 4.74. The molecule has 2 aliphatic rings. The summed E-state index contributed by atoms with van der Waals surface area (Å²) in [5, 5.41) is 15.9. The Bertz CT molecular complexity index is 485. The van der Waals surface area contributed by atoms with Crippen molar-refractivity contribution in [1.82, 2.24) is 5.32 Å². The molecular weight excluding hydrogens is 244 g/mol. The van der Waals surface area contributed by atoms with Crippen LogP contribution in [0.4, 0.5) is 5.69 Å². The van der Waals surface area contributed by atoms with Crippen molar-refractivity contribution < 1.29 is 14.6 Å². The Morgan fingerprint density at radius 3 is 3.00 bits per heavy atom. The fourth-order valence-corrected chi connectivity index (χ4v) is 2.39. The van der Waals surface area contributed by atoms with Crippen molar-refractivity contribution in [2.75, 3.05) is 18.4 Å². The van der Waals surface area contributed by atoms with E-state index in [0.717, 1.165) is 24.9 Å². The van der Waals surface area contributed by atoms with E-state index in [4.69, 9.17) is 4.74 Å². The molecule has 1 heterocycles. The Labute approximate surface area is 112 Å². The van der Waals surface area contributed by atoms with Crippen LogP contribution in [0.25, 0.3) is 0 Å². The SMILES string of the molecule is O=C(NCC1(O)CCC1)C1CNc2ccccc2O1. The van der Waals surface area contributed by atoms with Gasteiger partial charge in [-0.3, -0.25) is 4.79 Å². The van der Waals surface area contributed by atoms with Crippen LogP contribution in [0, 0.1) is 0 Å². The highest BCUT2D eigenvalue weighted by Crippen LogP contribution is 2.31. The number of carbonyl (C=O) groups is 1. The first-order valence-corrected chi connectivity index (χ1v) is 6.66. The Hall–Kier alpha value is -1.75. The molecular formula is C14H18N2O3. The first-order chi connectivity index (χ1) is 9.16. The molecule has 1 fully saturated rings. The molecule has 0 radical (unpaired) electrons. The normalized spacial score (nSPS) is 23.3. The highest BCUT2D eigenvalue weighted by Gasteiger charge is 2.35. The highest BCUT2D eigenvalue weighted by molar-refractivity contribution is 5.83. The summed E-state index contributed by atoms with van der Waals surface area (Å²) in [5.74, 6) is 0.513. The molecule has 1 aliphatic heterocycles. The molecule has 0 bridgehead atoms. The Kier molecular flexibility index (Phi) is 3.06. The average molecular weight is 262 g/mol. The molecule has 3 rings (SSSR count). The van der Waals surface area contributed by atoms with Gasteiger partial charge in [-0.25, -0.2) is 0 Å². The lowest BCUT2D eigenvalue weighted by atomic mass is 9.80. The number of carbonyl (C=O) groups excluding carboxylic acids is 1. The van der Waals surface area contributed by atoms with E-state index in [1.807, 2.05) is 24.3 Å². The average Bonchev–Trinajstić information content (AvgIpc) is 2.42. The van der Waals surface area contributed by atoms with Crippen LogP contribution < -0.4 is 15.4 Å². The van der Waals surface area contributed by atoms with E-state index < -0.39 is 11.7 Å². The molecule has 0 aromatic heterocycles. The number of anilines is 1. The number of para-hydroxylation sites is 2. The molecule has 1 aromatic rings. The van der Waals surface area contributed by atoms with Crippen molar-refractivity contribution >= 4 is 11.6 Å². The zero-order chi connectivity index (χ0) is 13.3. The summed E-state index contributed by atoms with van der Waals surface area (Å²) in [7, 11) is 0. The van der Waals surface area contributed by atoms with Crippen LogP contribution in [-0.4, -0.2) is 35.8 Å². The van der Waals surface area contributed by atoms with Crippen LogP contribution in [0.5, 0.6) is 5.75 Å². The zero-order valence-corrected chi connectivity index (χ0v) is 10.7. The summed E-state index contributed by atoms with van der Waals surface area (Å²) < 4.78 is 5.65. The first kappa shape index (κ1) is 12.3. The molecule has 5 nitrogen and oxygen atoms in total. The van der Waals surface area contributed by atoms with Crippen molar-refractivity contribution in [3.63, 3.8) is 0 Å². The molecule has 0 spiro atoms. The third-order valence-electron chi connectivity index (χ3n) is 3.80. The molecule has 102 valence electrons. The van der Waals surface area contributed by atoms with Gasteiger partial charge in [0.2, 0.25) is 0 Å². The minimum Gasteiger partial charge on any atom is -0.477 e. The molecule has 3 N–H and O–H groups in total. The zero-order valence-electron chi connectivity index (χ0n) is 10.7. The van der Waals surface area contributed by atoms with Gasteiger partial charge in [0.1, 0.15) is 5.75 Å². The molecule has 1 aromatic carbocycles. The summed E-state index contributed by atoms with van der Waals surface area (Å²) in [4.78, 5) is 12.0. The topological polar surface area (TPSA) is 70.6 Å². The van der Waals surface area contributed by atoms with Gasteiger partial charge >= 0.3 is 0 Å². The Morgan fingerprint density at radius 1 is 1.47 bits per heavy atom. The van der Waals surface area contributed by atoms with E-state index in [0.29, 0.717) is 18.8 Å². The number of nitrogens with one attached hydrogen (secondary N) is 2. The number of benzene rings is 1. The number of amides is 1. The number of aliphatic hydroxyl groups is 1. The lowest BCUT2D eigenvalue weighted by Crippen LogP contribution is -2.52. The van der Waals surface area contributed by atoms with Crippen LogP contribution in [0.3, 0.4) is 0 Å². The van der Waals surface area contributed by atoms with E-state index >= 15 is 0 Å². The van der Waals surface area contributed by atoms with E-state index in [2.05, 4.69) is 10.6 Å². The third kappa shape index (κ3) is 2.51. The second-order valence-corrected chi connectivity index (χ2v) is 5.28.